The maximum absolute atomic E-state index is 6.88. The quantitative estimate of drug-likeness (QED) is 0.169. The molecule has 5 atom stereocenters. The first kappa shape index (κ1) is 32.0. The summed E-state index contributed by atoms with van der Waals surface area (Å²) in [7, 11) is 0. The van der Waals surface area contributed by atoms with Crippen molar-refractivity contribution in [3.05, 3.63) is 29.3 Å². The SMILES string of the molecule is CCCCOC[C@H]1O[C@@H](c2cc(C)ccc2OCC)[C@H](OCCCC)[C@@H](OCCCC)[C@@H]1OCCCC. The second kappa shape index (κ2) is 19.0. The summed E-state index contributed by atoms with van der Waals surface area (Å²) in [5, 5.41) is 0. The molecule has 6 nitrogen and oxygen atoms in total. The Morgan fingerprint density at radius 2 is 1.27 bits per heavy atom. The van der Waals surface area contributed by atoms with Crippen molar-refractivity contribution in [1.82, 2.24) is 0 Å². The lowest BCUT2D eigenvalue weighted by Crippen LogP contribution is -2.58. The Labute approximate surface area is 226 Å². The first-order chi connectivity index (χ1) is 18.1. The molecule has 0 saturated carbocycles. The highest BCUT2D eigenvalue weighted by molar-refractivity contribution is 5.40. The van der Waals surface area contributed by atoms with Gasteiger partial charge in [0, 0.05) is 32.0 Å². The fourth-order valence-electron chi connectivity index (χ4n) is 4.59. The van der Waals surface area contributed by atoms with E-state index in [0.717, 1.165) is 74.8 Å². The van der Waals surface area contributed by atoms with E-state index in [1.54, 1.807) is 0 Å². The second-order valence-electron chi connectivity index (χ2n) is 10.1. The molecule has 1 aromatic rings. The molecule has 214 valence electrons. The topological polar surface area (TPSA) is 55.4 Å². The molecule has 0 N–H and O–H groups in total. The molecule has 1 aliphatic heterocycles. The number of hydrogen-bond donors (Lipinski definition) is 0. The molecule has 0 radical (unpaired) electrons. The summed E-state index contributed by atoms with van der Waals surface area (Å²) >= 11 is 0. The third-order valence-electron chi connectivity index (χ3n) is 6.75. The van der Waals surface area contributed by atoms with E-state index in [1.165, 1.54) is 0 Å². The van der Waals surface area contributed by atoms with Crippen LogP contribution in [0.1, 0.15) is 103 Å². The minimum absolute atomic E-state index is 0.256. The van der Waals surface area contributed by atoms with Crippen LogP contribution in [0.3, 0.4) is 0 Å². The van der Waals surface area contributed by atoms with Gasteiger partial charge in [0.15, 0.2) is 0 Å². The van der Waals surface area contributed by atoms with Crippen LogP contribution in [0.25, 0.3) is 0 Å². The van der Waals surface area contributed by atoms with Crippen molar-refractivity contribution in [2.75, 3.05) is 39.6 Å². The van der Waals surface area contributed by atoms with Crippen LogP contribution in [0.15, 0.2) is 18.2 Å². The number of aryl methyl sites for hydroxylation is 1. The van der Waals surface area contributed by atoms with Crippen LogP contribution in [0.4, 0.5) is 0 Å². The van der Waals surface area contributed by atoms with Gasteiger partial charge in [-0.05, 0) is 51.7 Å². The lowest BCUT2D eigenvalue weighted by Gasteiger charge is -2.46. The zero-order valence-corrected chi connectivity index (χ0v) is 24.5. The number of rotatable bonds is 20. The molecule has 0 spiro atoms. The largest absolute Gasteiger partial charge is 0.493 e. The van der Waals surface area contributed by atoms with Gasteiger partial charge in [-0.2, -0.15) is 0 Å². The molecular weight excluding hydrogens is 468 g/mol. The van der Waals surface area contributed by atoms with Crippen LogP contribution in [-0.4, -0.2) is 64.1 Å². The number of benzene rings is 1. The smallest absolute Gasteiger partial charge is 0.125 e. The van der Waals surface area contributed by atoms with Gasteiger partial charge >= 0.3 is 0 Å². The van der Waals surface area contributed by atoms with Gasteiger partial charge in [-0.3, -0.25) is 0 Å². The lowest BCUT2D eigenvalue weighted by molar-refractivity contribution is -0.268. The summed E-state index contributed by atoms with van der Waals surface area (Å²) < 4.78 is 38.8. The van der Waals surface area contributed by atoms with Crippen molar-refractivity contribution in [3.63, 3.8) is 0 Å². The Balaban J connectivity index is 2.48. The zero-order valence-electron chi connectivity index (χ0n) is 24.5. The third-order valence-corrected chi connectivity index (χ3v) is 6.75. The van der Waals surface area contributed by atoms with E-state index in [0.29, 0.717) is 33.0 Å². The molecule has 1 saturated heterocycles. The number of ether oxygens (including phenoxy) is 6. The molecule has 6 heteroatoms. The van der Waals surface area contributed by atoms with Crippen molar-refractivity contribution in [3.8, 4) is 5.75 Å². The summed E-state index contributed by atoms with van der Waals surface area (Å²) in [6.45, 7) is 16.6. The fourth-order valence-corrected chi connectivity index (χ4v) is 4.59. The summed E-state index contributed by atoms with van der Waals surface area (Å²) in [4.78, 5) is 0. The standard InChI is InChI=1S/C31H54O6/c1-7-12-18-32-23-27-29(34-19-13-8-2)31(36-21-15-10-4)30(35-20-14-9-3)28(37-27)25-22-24(6)16-17-26(25)33-11-5/h16-17,22,27-31H,7-15,18-21,23H2,1-6H3/t27-,28+,29-,30+,31+/m1/s1. The monoisotopic (exact) mass is 522 g/mol. The predicted molar refractivity (Wildman–Crippen MR) is 150 cm³/mol. The van der Waals surface area contributed by atoms with Crippen LogP contribution in [0, 0.1) is 6.92 Å². The van der Waals surface area contributed by atoms with Gasteiger partial charge in [0.2, 0.25) is 0 Å². The maximum Gasteiger partial charge on any atom is 0.125 e. The first-order valence-corrected chi connectivity index (χ1v) is 14.9. The Morgan fingerprint density at radius 1 is 0.703 bits per heavy atom. The van der Waals surface area contributed by atoms with Crippen molar-refractivity contribution in [2.24, 2.45) is 0 Å². The van der Waals surface area contributed by atoms with Gasteiger partial charge in [-0.15, -0.1) is 0 Å². The molecule has 37 heavy (non-hydrogen) atoms. The lowest BCUT2D eigenvalue weighted by atomic mass is 9.89. The van der Waals surface area contributed by atoms with Gasteiger partial charge in [0.25, 0.3) is 0 Å². The van der Waals surface area contributed by atoms with Crippen molar-refractivity contribution >= 4 is 0 Å². The third kappa shape index (κ3) is 10.5. The average molecular weight is 523 g/mol. The van der Waals surface area contributed by atoms with E-state index in [2.05, 4.69) is 46.8 Å². The first-order valence-electron chi connectivity index (χ1n) is 14.9. The summed E-state index contributed by atoms with van der Waals surface area (Å²) in [6, 6.07) is 6.30. The predicted octanol–water partition coefficient (Wildman–Crippen LogP) is 7.21. The molecule has 1 aromatic carbocycles. The van der Waals surface area contributed by atoms with Crippen LogP contribution < -0.4 is 4.74 Å². The molecule has 0 unspecified atom stereocenters. The van der Waals surface area contributed by atoms with E-state index in [-0.39, 0.29) is 30.5 Å². The number of unbranched alkanes of at least 4 members (excludes halogenated alkanes) is 4. The fraction of sp³-hybridized carbons (Fsp3) is 0.806. The highest BCUT2D eigenvalue weighted by atomic mass is 16.6. The van der Waals surface area contributed by atoms with Crippen LogP contribution in [0.2, 0.25) is 0 Å². The Hall–Kier alpha value is -1.18. The summed E-state index contributed by atoms with van der Waals surface area (Å²) in [5.74, 6) is 0.838. The van der Waals surface area contributed by atoms with E-state index >= 15 is 0 Å². The summed E-state index contributed by atoms with van der Waals surface area (Å²) in [5.41, 5.74) is 2.17. The van der Waals surface area contributed by atoms with E-state index in [9.17, 15) is 0 Å². The molecule has 0 aromatic heterocycles. The molecule has 1 heterocycles. The summed E-state index contributed by atoms with van der Waals surface area (Å²) in [6.07, 6.45) is 6.92. The molecule has 1 aliphatic rings. The Morgan fingerprint density at radius 3 is 1.86 bits per heavy atom. The van der Waals surface area contributed by atoms with E-state index in [4.69, 9.17) is 28.4 Å². The van der Waals surface area contributed by atoms with Gasteiger partial charge in [0.1, 0.15) is 36.3 Å². The molecule has 2 rings (SSSR count). The average Bonchev–Trinajstić information content (AvgIpc) is 2.90. The second-order valence-corrected chi connectivity index (χ2v) is 10.1. The normalized spacial score (nSPS) is 23.9. The maximum atomic E-state index is 6.88. The van der Waals surface area contributed by atoms with Gasteiger partial charge in [-0.1, -0.05) is 65.0 Å². The van der Waals surface area contributed by atoms with Gasteiger partial charge < -0.3 is 28.4 Å². The Kier molecular flexibility index (Phi) is 16.4. The Bertz CT molecular complexity index is 711. The molecule has 0 bridgehead atoms. The van der Waals surface area contributed by atoms with Gasteiger partial charge in [-0.25, -0.2) is 0 Å². The van der Waals surface area contributed by atoms with E-state index < -0.39 is 0 Å². The van der Waals surface area contributed by atoms with Crippen LogP contribution >= 0.6 is 0 Å². The highest BCUT2D eigenvalue weighted by Gasteiger charge is 2.49. The number of hydrogen-bond acceptors (Lipinski definition) is 6. The minimum Gasteiger partial charge on any atom is -0.493 e. The molecule has 1 fully saturated rings. The van der Waals surface area contributed by atoms with Crippen molar-refractivity contribution in [2.45, 2.75) is 123 Å². The highest BCUT2D eigenvalue weighted by Crippen LogP contribution is 2.41. The van der Waals surface area contributed by atoms with Crippen molar-refractivity contribution < 1.29 is 28.4 Å². The minimum atomic E-state index is -0.337. The van der Waals surface area contributed by atoms with Gasteiger partial charge in [0.05, 0.1) is 13.2 Å². The molecule has 0 amide bonds. The molecular formula is C31H54O6. The molecule has 0 aliphatic carbocycles. The van der Waals surface area contributed by atoms with E-state index in [1.807, 2.05) is 13.0 Å². The van der Waals surface area contributed by atoms with Crippen LogP contribution in [0.5, 0.6) is 5.75 Å². The van der Waals surface area contributed by atoms with Crippen LogP contribution in [-0.2, 0) is 23.7 Å². The zero-order chi connectivity index (χ0) is 26.9. The van der Waals surface area contributed by atoms with Crippen molar-refractivity contribution in [1.29, 1.82) is 0 Å².